The highest BCUT2D eigenvalue weighted by Gasteiger charge is 2.36. The highest BCUT2D eigenvalue weighted by Crippen LogP contribution is 2.34. The number of amides is 2. The van der Waals surface area contributed by atoms with Crippen molar-refractivity contribution < 1.29 is 19.1 Å². The van der Waals surface area contributed by atoms with Crippen LogP contribution in [0, 0.1) is 12.8 Å². The minimum Gasteiger partial charge on any atom is -0.493 e. The van der Waals surface area contributed by atoms with Crippen LogP contribution < -0.4 is 14.4 Å². The van der Waals surface area contributed by atoms with Crippen molar-refractivity contribution in [2.24, 2.45) is 5.92 Å². The summed E-state index contributed by atoms with van der Waals surface area (Å²) in [5, 5.41) is 0. The Bertz CT molecular complexity index is 881. The van der Waals surface area contributed by atoms with Gasteiger partial charge in [-0.05, 0) is 30.2 Å². The molecule has 2 aromatic carbocycles. The van der Waals surface area contributed by atoms with Gasteiger partial charge in [0, 0.05) is 38.3 Å². The molecular formula is C22H26N2O4. The standard InChI is InChI=1S/C22H26N2O4/c1-15-7-5-6-8-16(15)13-23(2)22(26)17-11-21(25)24(14-17)18-9-10-19(27-3)20(12-18)28-4/h5-10,12,17H,11,13-14H2,1-4H3. The summed E-state index contributed by atoms with van der Waals surface area (Å²) in [7, 11) is 4.91. The molecule has 0 radical (unpaired) electrons. The molecular weight excluding hydrogens is 356 g/mol. The van der Waals surface area contributed by atoms with E-state index in [0.717, 1.165) is 11.1 Å². The van der Waals surface area contributed by atoms with Crippen molar-refractivity contribution in [1.82, 2.24) is 4.90 Å². The quantitative estimate of drug-likeness (QED) is 0.771. The van der Waals surface area contributed by atoms with Gasteiger partial charge in [0.2, 0.25) is 11.8 Å². The lowest BCUT2D eigenvalue weighted by Gasteiger charge is -2.22. The first-order chi connectivity index (χ1) is 13.4. The molecule has 28 heavy (non-hydrogen) atoms. The molecule has 1 aliphatic rings. The smallest absolute Gasteiger partial charge is 0.228 e. The molecule has 148 valence electrons. The lowest BCUT2D eigenvalue weighted by Crippen LogP contribution is -2.34. The Morgan fingerprint density at radius 2 is 1.86 bits per heavy atom. The van der Waals surface area contributed by atoms with E-state index in [4.69, 9.17) is 9.47 Å². The Morgan fingerprint density at radius 1 is 1.14 bits per heavy atom. The average Bonchev–Trinajstić information content (AvgIpc) is 3.10. The van der Waals surface area contributed by atoms with Gasteiger partial charge in [0.05, 0.1) is 20.1 Å². The molecule has 0 bridgehead atoms. The monoisotopic (exact) mass is 382 g/mol. The molecule has 1 heterocycles. The fourth-order valence-electron chi connectivity index (χ4n) is 3.55. The van der Waals surface area contributed by atoms with Crippen LogP contribution in [-0.2, 0) is 16.1 Å². The maximum Gasteiger partial charge on any atom is 0.228 e. The fraction of sp³-hybridized carbons (Fsp3) is 0.364. The van der Waals surface area contributed by atoms with Crippen molar-refractivity contribution in [2.45, 2.75) is 19.9 Å². The lowest BCUT2D eigenvalue weighted by molar-refractivity contribution is -0.135. The van der Waals surface area contributed by atoms with Gasteiger partial charge >= 0.3 is 0 Å². The molecule has 0 N–H and O–H groups in total. The van der Waals surface area contributed by atoms with Gasteiger partial charge in [-0.1, -0.05) is 24.3 Å². The molecule has 1 unspecified atom stereocenters. The van der Waals surface area contributed by atoms with Crippen LogP contribution >= 0.6 is 0 Å². The van der Waals surface area contributed by atoms with Crippen LogP contribution in [0.4, 0.5) is 5.69 Å². The highest BCUT2D eigenvalue weighted by molar-refractivity contribution is 6.00. The van der Waals surface area contributed by atoms with Gasteiger partial charge in [0.1, 0.15) is 0 Å². The number of methoxy groups -OCH3 is 2. The summed E-state index contributed by atoms with van der Waals surface area (Å²) in [6.45, 7) is 2.93. The Hall–Kier alpha value is -3.02. The van der Waals surface area contributed by atoms with Gasteiger partial charge in [0.15, 0.2) is 11.5 Å². The summed E-state index contributed by atoms with van der Waals surface area (Å²) >= 11 is 0. The molecule has 0 aliphatic carbocycles. The summed E-state index contributed by atoms with van der Waals surface area (Å²) in [4.78, 5) is 28.8. The number of nitrogens with zero attached hydrogens (tertiary/aromatic N) is 2. The first-order valence-corrected chi connectivity index (χ1v) is 9.26. The van der Waals surface area contributed by atoms with Crippen LogP contribution in [0.2, 0.25) is 0 Å². The molecule has 3 rings (SSSR count). The number of rotatable bonds is 6. The minimum absolute atomic E-state index is 0.0143. The Balaban J connectivity index is 1.71. The van der Waals surface area contributed by atoms with E-state index in [-0.39, 0.29) is 24.2 Å². The van der Waals surface area contributed by atoms with Crippen molar-refractivity contribution in [3.63, 3.8) is 0 Å². The van der Waals surface area contributed by atoms with Gasteiger partial charge < -0.3 is 19.3 Å². The van der Waals surface area contributed by atoms with Crippen LogP contribution in [0.1, 0.15) is 17.5 Å². The third-order valence-electron chi connectivity index (χ3n) is 5.20. The number of hydrogen-bond donors (Lipinski definition) is 0. The van der Waals surface area contributed by atoms with E-state index in [1.807, 2.05) is 37.3 Å². The molecule has 1 atom stereocenters. The maximum atomic E-state index is 12.9. The summed E-state index contributed by atoms with van der Waals surface area (Å²) in [5.41, 5.74) is 2.97. The van der Waals surface area contributed by atoms with E-state index < -0.39 is 0 Å². The van der Waals surface area contributed by atoms with E-state index in [2.05, 4.69) is 0 Å². The molecule has 0 saturated carbocycles. The zero-order valence-electron chi connectivity index (χ0n) is 16.8. The van der Waals surface area contributed by atoms with Gasteiger partial charge in [0.25, 0.3) is 0 Å². The normalized spacial score (nSPS) is 16.2. The van der Waals surface area contributed by atoms with Crippen molar-refractivity contribution in [1.29, 1.82) is 0 Å². The van der Waals surface area contributed by atoms with Gasteiger partial charge in [-0.3, -0.25) is 9.59 Å². The Kier molecular flexibility index (Phi) is 5.87. The zero-order chi connectivity index (χ0) is 20.3. The molecule has 0 aromatic heterocycles. The second-order valence-corrected chi connectivity index (χ2v) is 7.07. The molecule has 6 nitrogen and oxygen atoms in total. The number of ether oxygens (including phenoxy) is 2. The van der Waals surface area contributed by atoms with Gasteiger partial charge in [-0.15, -0.1) is 0 Å². The zero-order valence-corrected chi connectivity index (χ0v) is 16.8. The third kappa shape index (κ3) is 3.96. The van der Waals surface area contributed by atoms with Crippen molar-refractivity contribution >= 4 is 17.5 Å². The largest absolute Gasteiger partial charge is 0.493 e. The Labute approximate surface area is 165 Å². The van der Waals surface area contributed by atoms with E-state index in [1.54, 1.807) is 43.2 Å². The lowest BCUT2D eigenvalue weighted by atomic mass is 10.1. The molecule has 1 aliphatic heterocycles. The molecule has 1 fully saturated rings. The van der Waals surface area contributed by atoms with Crippen LogP contribution in [0.3, 0.4) is 0 Å². The first kappa shape index (κ1) is 19.7. The van der Waals surface area contributed by atoms with E-state index >= 15 is 0 Å². The van der Waals surface area contributed by atoms with E-state index in [1.165, 1.54) is 0 Å². The van der Waals surface area contributed by atoms with E-state index in [9.17, 15) is 9.59 Å². The summed E-state index contributed by atoms with van der Waals surface area (Å²) in [6.07, 6.45) is 0.214. The molecule has 2 aromatic rings. The second kappa shape index (κ2) is 8.33. The third-order valence-corrected chi connectivity index (χ3v) is 5.20. The van der Waals surface area contributed by atoms with Crippen molar-refractivity contribution in [2.75, 3.05) is 32.7 Å². The number of hydrogen-bond acceptors (Lipinski definition) is 4. The number of benzene rings is 2. The number of aryl methyl sites for hydroxylation is 1. The number of carbonyl (C=O) groups excluding carboxylic acids is 2. The predicted octanol–water partition coefficient (Wildman–Crippen LogP) is 3.02. The first-order valence-electron chi connectivity index (χ1n) is 9.26. The highest BCUT2D eigenvalue weighted by atomic mass is 16.5. The van der Waals surface area contributed by atoms with Crippen LogP contribution in [-0.4, -0.2) is 44.5 Å². The summed E-state index contributed by atoms with van der Waals surface area (Å²) < 4.78 is 10.6. The summed E-state index contributed by atoms with van der Waals surface area (Å²) in [6, 6.07) is 13.3. The van der Waals surface area contributed by atoms with Crippen molar-refractivity contribution in [3.8, 4) is 11.5 Å². The number of anilines is 1. The van der Waals surface area contributed by atoms with Gasteiger partial charge in [-0.2, -0.15) is 0 Å². The van der Waals surface area contributed by atoms with Crippen LogP contribution in [0.5, 0.6) is 11.5 Å². The Morgan fingerprint density at radius 3 is 2.54 bits per heavy atom. The topological polar surface area (TPSA) is 59.1 Å². The maximum absolute atomic E-state index is 12.9. The van der Waals surface area contributed by atoms with Gasteiger partial charge in [-0.25, -0.2) is 0 Å². The minimum atomic E-state index is -0.352. The van der Waals surface area contributed by atoms with E-state index in [0.29, 0.717) is 30.3 Å². The molecule has 6 heteroatoms. The molecule has 0 spiro atoms. The van der Waals surface area contributed by atoms with Crippen LogP contribution in [0.25, 0.3) is 0 Å². The molecule has 1 saturated heterocycles. The average molecular weight is 382 g/mol. The summed E-state index contributed by atoms with van der Waals surface area (Å²) in [5.74, 6) is 0.729. The van der Waals surface area contributed by atoms with Crippen LogP contribution in [0.15, 0.2) is 42.5 Å². The van der Waals surface area contributed by atoms with Crippen molar-refractivity contribution in [3.05, 3.63) is 53.6 Å². The fourth-order valence-corrected chi connectivity index (χ4v) is 3.55. The second-order valence-electron chi connectivity index (χ2n) is 7.07. The predicted molar refractivity (Wildman–Crippen MR) is 108 cm³/mol. The SMILES string of the molecule is COc1ccc(N2CC(C(=O)N(C)Cc3ccccc3C)CC2=O)cc1OC. The molecule has 2 amide bonds. The number of carbonyl (C=O) groups is 2.